The average molecular weight is 384 g/mol. The molecule has 0 spiro atoms. The number of carbonyl (C=O) groups is 1. The quantitative estimate of drug-likeness (QED) is 0.735. The van der Waals surface area contributed by atoms with E-state index in [-0.39, 0.29) is 23.9 Å². The van der Waals surface area contributed by atoms with Gasteiger partial charge >= 0.3 is 0 Å². The fraction of sp³-hybridized carbons (Fsp3) is 0.450. The van der Waals surface area contributed by atoms with Gasteiger partial charge in [-0.25, -0.2) is 0 Å². The molecule has 142 valence electrons. The predicted molar refractivity (Wildman–Crippen MR) is 108 cm³/mol. The molecule has 3 aromatic rings. The zero-order valence-electron chi connectivity index (χ0n) is 16.1. The lowest BCUT2D eigenvalue weighted by Crippen LogP contribution is -2.30. The SMILES string of the molecule is Cc1c([C@H]2[C@H](CNC(C)c3cc4ccncc4s3)CC(=O)N2C)cnn1C. The largest absolute Gasteiger partial charge is 0.338 e. The van der Waals surface area contributed by atoms with Crippen LogP contribution in [0.5, 0.6) is 0 Å². The number of amides is 1. The lowest BCUT2D eigenvalue weighted by Gasteiger charge is -2.26. The van der Waals surface area contributed by atoms with E-state index in [1.54, 1.807) is 11.3 Å². The smallest absolute Gasteiger partial charge is 0.223 e. The van der Waals surface area contributed by atoms with E-state index in [1.165, 1.54) is 15.0 Å². The van der Waals surface area contributed by atoms with Crippen molar-refractivity contribution in [1.82, 2.24) is 25.0 Å². The van der Waals surface area contributed by atoms with Crippen LogP contribution in [0.4, 0.5) is 0 Å². The second-order valence-electron chi connectivity index (χ2n) is 7.41. The molecule has 1 aliphatic rings. The van der Waals surface area contributed by atoms with Crippen molar-refractivity contribution in [2.24, 2.45) is 13.0 Å². The molecular weight excluding hydrogens is 358 g/mol. The van der Waals surface area contributed by atoms with E-state index in [4.69, 9.17) is 0 Å². The van der Waals surface area contributed by atoms with Gasteiger partial charge in [-0.05, 0) is 31.4 Å². The van der Waals surface area contributed by atoms with E-state index in [9.17, 15) is 4.79 Å². The molecule has 4 rings (SSSR count). The molecule has 1 aliphatic heterocycles. The molecular formula is C20H25N5OS. The number of aryl methyl sites for hydroxylation is 1. The zero-order chi connectivity index (χ0) is 19.1. The number of carbonyl (C=O) groups excluding carboxylic acids is 1. The van der Waals surface area contributed by atoms with Crippen molar-refractivity contribution in [3.63, 3.8) is 0 Å². The maximum Gasteiger partial charge on any atom is 0.223 e. The molecule has 0 aliphatic carbocycles. The van der Waals surface area contributed by atoms with Crippen molar-refractivity contribution in [1.29, 1.82) is 0 Å². The summed E-state index contributed by atoms with van der Waals surface area (Å²) in [5.41, 5.74) is 2.27. The number of rotatable bonds is 5. The minimum absolute atomic E-state index is 0.0810. The molecule has 1 amide bonds. The summed E-state index contributed by atoms with van der Waals surface area (Å²) in [6.45, 7) is 5.04. The van der Waals surface area contributed by atoms with Gasteiger partial charge in [-0.15, -0.1) is 11.3 Å². The number of aromatic nitrogens is 3. The normalized spacial score (nSPS) is 21.3. The Kier molecular flexibility index (Phi) is 4.74. The number of likely N-dealkylation sites (tertiary alicyclic amines) is 1. The third-order valence-corrected chi connectivity index (χ3v) is 7.01. The fourth-order valence-corrected chi connectivity index (χ4v) is 5.01. The molecule has 1 saturated heterocycles. The lowest BCUT2D eigenvalue weighted by molar-refractivity contribution is -0.127. The number of thiophene rings is 1. The summed E-state index contributed by atoms with van der Waals surface area (Å²) in [4.78, 5) is 19.8. The van der Waals surface area contributed by atoms with Crippen LogP contribution in [0.25, 0.3) is 10.1 Å². The maximum absolute atomic E-state index is 12.4. The van der Waals surface area contributed by atoms with Crippen molar-refractivity contribution in [2.75, 3.05) is 13.6 Å². The predicted octanol–water partition coefficient (Wildman–Crippen LogP) is 3.21. The van der Waals surface area contributed by atoms with E-state index in [1.807, 2.05) is 48.3 Å². The van der Waals surface area contributed by atoms with Gasteiger partial charge in [0.15, 0.2) is 0 Å². The summed E-state index contributed by atoms with van der Waals surface area (Å²) in [7, 11) is 3.85. The summed E-state index contributed by atoms with van der Waals surface area (Å²) >= 11 is 1.78. The standard InChI is InChI=1S/C20H25N5OS/c1-12(17-7-14-5-6-21-11-18(14)27-17)22-9-15-8-19(26)24(3)20(15)16-10-23-25(4)13(16)2/h5-7,10-12,15,20,22H,8-9H2,1-4H3/t12?,15-,20+/m0/s1. The number of nitrogens with zero attached hydrogens (tertiary/aromatic N) is 4. The molecule has 0 saturated carbocycles. The Morgan fingerprint density at radius 1 is 1.37 bits per heavy atom. The van der Waals surface area contributed by atoms with Crippen LogP contribution in [0.2, 0.25) is 0 Å². The Hall–Kier alpha value is -2.25. The number of pyridine rings is 1. The van der Waals surface area contributed by atoms with E-state index < -0.39 is 0 Å². The molecule has 0 bridgehead atoms. The van der Waals surface area contributed by atoms with E-state index in [0.29, 0.717) is 6.42 Å². The van der Waals surface area contributed by atoms with E-state index >= 15 is 0 Å². The van der Waals surface area contributed by atoms with Crippen LogP contribution in [0, 0.1) is 12.8 Å². The van der Waals surface area contributed by atoms with Crippen LogP contribution in [0.1, 0.15) is 41.6 Å². The van der Waals surface area contributed by atoms with Gasteiger partial charge in [-0.1, -0.05) is 0 Å². The van der Waals surface area contributed by atoms with Crippen molar-refractivity contribution >= 4 is 27.3 Å². The number of hydrogen-bond donors (Lipinski definition) is 1. The molecule has 4 heterocycles. The van der Waals surface area contributed by atoms with Gasteiger partial charge in [0.05, 0.1) is 16.9 Å². The first-order chi connectivity index (χ1) is 13.0. The average Bonchev–Trinajstić information content (AvgIpc) is 3.31. The Labute approximate surface area is 163 Å². The van der Waals surface area contributed by atoms with E-state index in [2.05, 4.69) is 35.3 Å². The van der Waals surface area contributed by atoms with Crippen LogP contribution < -0.4 is 5.32 Å². The molecule has 1 fully saturated rings. The van der Waals surface area contributed by atoms with Gasteiger partial charge in [0, 0.05) is 67.5 Å². The first kappa shape index (κ1) is 18.1. The highest BCUT2D eigenvalue weighted by Gasteiger charge is 2.39. The van der Waals surface area contributed by atoms with Crippen LogP contribution in [0.15, 0.2) is 30.7 Å². The Balaban J connectivity index is 1.50. The summed E-state index contributed by atoms with van der Waals surface area (Å²) < 4.78 is 3.09. The molecule has 3 aromatic heterocycles. The third-order valence-electron chi connectivity index (χ3n) is 5.74. The monoisotopic (exact) mass is 383 g/mol. The number of nitrogens with one attached hydrogen (secondary N) is 1. The van der Waals surface area contributed by atoms with Gasteiger partial charge in [-0.2, -0.15) is 5.10 Å². The van der Waals surface area contributed by atoms with Crippen molar-refractivity contribution in [3.8, 4) is 0 Å². The lowest BCUT2D eigenvalue weighted by atomic mass is 9.93. The van der Waals surface area contributed by atoms with Gasteiger partial charge in [0.2, 0.25) is 5.91 Å². The summed E-state index contributed by atoms with van der Waals surface area (Å²) in [6.07, 6.45) is 6.23. The topological polar surface area (TPSA) is 63.1 Å². The molecule has 0 radical (unpaired) electrons. The Morgan fingerprint density at radius 2 is 2.19 bits per heavy atom. The first-order valence-corrected chi connectivity index (χ1v) is 10.1. The van der Waals surface area contributed by atoms with Crippen molar-refractivity contribution in [2.45, 2.75) is 32.4 Å². The van der Waals surface area contributed by atoms with Crippen LogP contribution in [0.3, 0.4) is 0 Å². The van der Waals surface area contributed by atoms with Crippen molar-refractivity contribution < 1.29 is 4.79 Å². The Bertz CT molecular complexity index is 945. The molecule has 7 heteroatoms. The molecule has 1 unspecified atom stereocenters. The van der Waals surface area contributed by atoms with Gasteiger partial charge in [0.1, 0.15) is 0 Å². The van der Waals surface area contributed by atoms with Crippen LogP contribution in [-0.2, 0) is 11.8 Å². The molecule has 3 atom stereocenters. The summed E-state index contributed by atoms with van der Waals surface area (Å²) in [5, 5.41) is 9.26. The summed E-state index contributed by atoms with van der Waals surface area (Å²) in [5.74, 6) is 0.444. The van der Waals surface area contributed by atoms with Gasteiger partial charge in [-0.3, -0.25) is 14.5 Å². The van der Waals surface area contributed by atoms with E-state index in [0.717, 1.165) is 17.8 Å². The van der Waals surface area contributed by atoms with Crippen molar-refractivity contribution in [3.05, 3.63) is 46.9 Å². The fourth-order valence-electron chi connectivity index (χ4n) is 3.95. The minimum atomic E-state index is 0.0810. The molecule has 27 heavy (non-hydrogen) atoms. The maximum atomic E-state index is 12.4. The molecule has 1 N–H and O–H groups in total. The molecule has 6 nitrogen and oxygen atoms in total. The Morgan fingerprint density at radius 3 is 2.89 bits per heavy atom. The first-order valence-electron chi connectivity index (χ1n) is 9.26. The van der Waals surface area contributed by atoms with Crippen LogP contribution in [-0.4, -0.2) is 39.2 Å². The molecule has 0 aromatic carbocycles. The zero-order valence-corrected chi connectivity index (χ0v) is 17.0. The van der Waals surface area contributed by atoms with Crippen LogP contribution >= 0.6 is 11.3 Å². The van der Waals surface area contributed by atoms with Gasteiger partial charge < -0.3 is 10.2 Å². The van der Waals surface area contributed by atoms with Gasteiger partial charge in [0.25, 0.3) is 0 Å². The summed E-state index contributed by atoms with van der Waals surface area (Å²) in [6, 6.07) is 4.60. The third kappa shape index (κ3) is 3.26. The highest BCUT2D eigenvalue weighted by molar-refractivity contribution is 7.19. The second-order valence-corrected chi connectivity index (χ2v) is 8.53. The number of hydrogen-bond acceptors (Lipinski definition) is 5. The second kappa shape index (κ2) is 7.05. The highest BCUT2D eigenvalue weighted by Crippen LogP contribution is 2.38. The highest BCUT2D eigenvalue weighted by atomic mass is 32.1. The minimum Gasteiger partial charge on any atom is -0.338 e. The number of fused-ring (bicyclic) bond motifs is 1.